The molecule has 0 saturated carbocycles. The van der Waals surface area contributed by atoms with Gasteiger partial charge in [0, 0.05) is 21.0 Å². The van der Waals surface area contributed by atoms with Gasteiger partial charge in [-0.05, 0) is 45.4 Å². The Hall–Kier alpha value is -2.51. The van der Waals surface area contributed by atoms with Crippen LogP contribution in [0.3, 0.4) is 0 Å². The zero-order chi connectivity index (χ0) is 19.3. The average Bonchev–Trinajstić information content (AvgIpc) is 3.08. The number of ketones is 1. The lowest BCUT2D eigenvalue weighted by Gasteiger charge is -2.16. The Balaban J connectivity index is 2.04. The Labute approximate surface area is 166 Å². The minimum absolute atomic E-state index is 0.000402. The van der Waals surface area contributed by atoms with Crippen LogP contribution in [0.4, 0.5) is 5.95 Å². The van der Waals surface area contributed by atoms with E-state index in [0.717, 1.165) is 33.2 Å². The van der Waals surface area contributed by atoms with Gasteiger partial charge in [0.25, 0.3) is 5.95 Å². The minimum atomic E-state index is -0.000402. The van der Waals surface area contributed by atoms with E-state index in [1.165, 1.54) is 4.88 Å². The second-order valence-corrected chi connectivity index (χ2v) is 8.20. The van der Waals surface area contributed by atoms with Crippen LogP contribution in [-0.2, 0) is 4.79 Å². The first-order valence-corrected chi connectivity index (χ1v) is 9.70. The van der Waals surface area contributed by atoms with E-state index in [1.54, 1.807) is 23.3 Å². The number of anilines is 1. The molecule has 0 fully saturated rings. The van der Waals surface area contributed by atoms with Gasteiger partial charge in [0.05, 0.1) is 0 Å². The van der Waals surface area contributed by atoms with Gasteiger partial charge < -0.3 is 0 Å². The number of hydrogen-bond donors (Lipinski definition) is 0. The van der Waals surface area contributed by atoms with Gasteiger partial charge in [-0.15, -0.1) is 21.5 Å². The number of fused-ring (bicyclic) bond motifs is 3. The molecular formula is C19H18ClN5OS. The molecule has 0 radical (unpaired) electrons. The molecule has 0 atom stereocenters. The zero-order valence-electron chi connectivity index (χ0n) is 15.4. The first kappa shape index (κ1) is 17.9. The van der Waals surface area contributed by atoms with Crippen molar-refractivity contribution < 1.29 is 4.79 Å². The van der Waals surface area contributed by atoms with Crippen LogP contribution < -0.4 is 5.01 Å². The lowest BCUT2D eigenvalue weighted by atomic mass is 10.00. The van der Waals surface area contributed by atoms with Crippen LogP contribution in [0.5, 0.6) is 0 Å². The molecule has 138 valence electrons. The highest BCUT2D eigenvalue weighted by atomic mass is 35.5. The summed E-state index contributed by atoms with van der Waals surface area (Å²) >= 11 is 7.76. The summed E-state index contributed by atoms with van der Waals surface area (Å²) in [5.41, 5.74) is 3.93. The van der Waals surface area contributed by atoms with E-state index in [-0.39, 0.29) is 12.3 Å². The van der Waals surface area contributed by atoms with Crippen LogP contribution in [-0.4, -0.2) is 32.8 Å². The first-order chi connectivity index (χ1) is 12.9. The quantitative estimate of drug-likeness (QED) is 0.666. The molecule has 0 N–H and O–H groups in total. The number of thiophene rings is 1. The Morgan fingerprint density at radius 1 is 1.15 bits per heavy atom. The second kappa shape index (κ2) is 6.58. The number of benzene rings is 1. The van der Waals surface area contributed by atoms with Crippen LogP contribution in [0, 0.1) is 20.8 Å². The van der Waals surface area contributed by atoms with Gasteiger partial charge in [-0.1, -0.05) is 23.7 Å². The van der Waals surface area contributed by atoms with Crippen molar-refractivity contribution in [2.45, 2.75) is 27.7 Å². The summed E-state index contributed by atoms with van der Waals surface area (Å²) in [5.74, 6) is 1.31. The number of Topliss-reactive ketones (excluding diaryl/α,β-unsaturated/α-hetero) is 1. The third-order valence-electron chi connectivity index (χ3n) is 4.56. The van der Waals surface area contributed by atoms with Gasteiger partial charge in [0.1, 0.15) is 23.1 Å². The summed E-state index contributed by atoms with van der Waals surface area (Å²) in [6.45, 7) is 7.77. The Kier molecular flexibility index (Phi) is 4.36. The number of aromatic nitrogens is 3. The van der Waals surface area contributed by atoms with E-state index in [0.29, 0.717) is 11.0 Å². The predicted molar refractivity (Wildman–Crippen MR) is 109 cm³/mol. The molecule has 27 heavy (non-hydrogen) atoms. The number of hydrazone groups is 1. The van der Waals surface area contributed by atoms with E-state index in [2.05, 4.69) is 24.0 Å². The van der Waals surface area contributed by atoms with E-state index in [9.17, 15) is 4.79 Å². The fourth-order valence-electron chi connectivity index (χ4n) is 3.14. The SMILES string of the molecule is CC(=O)CN1N=C(c2ccc(Cl)cc2)c2c(sc(C)c2C)-n2c(C)nnc21. The molecule has 2 aromatic heterocycles. The van der Waals surface area contributed by atoms with Crippen LogP contribution >= 0.6 is 22.9 Å². The molecular weight excluding hydrogens is 382 g/mol. The van der Waals surface area contributed by atoms with E-state index < -0.39 is 0 Å². The fourth-order valence-corrected chi connectivity index (χ4v) is 4.47. The minimum Gasteiger partial charge on any atom is -0.298 e. The third kappa shape index (κ3) is 2.96. The molecule has 0 unspecified atom stereocenters. The number of nitrogens with zero attached hydrogens (tertiary/aromatic N) is 5. The molecule has 0 amide bonds. The maximum absolute atomic E-state index is 11.9. The molecule has 1 aliphatic rings. The molecule has 1 aromatic carbocycles. The average molecular weight is 400 g/mol. The van der Waals surface area contributed by atoms with E-state index in [4.69, 9.17) is 16.7 Å². The van der Waals surface area contributed by atoms with Crippen LogP contribution in [0.15, 0.2) is 29.4 Å². The van der Waals surface area contributed by atoms with Crippen molar-refractivity contribution in [3.63, 3.8) is 0 Å². The molecule has 1 aliphatic heterocycles. The van der Waals surface area contributed by atoms with Crippen molar-refractivity contribution in [2.24, 2.45) is 5.10 Å². The first-order valence-electron chi connectivity index (χ1n) is 8.51. The number of carbonyl (C=O) groups is 1. The van der Waals surface area contributed by atoms with E-state index in [1.807, 2.05) is 35.8 Å². The summed E-state index contributed by atoms with van der Waals surface area (Å²) in [5, 5.41) is 16.7. The number of halogens is 1. The van der Waals surface area contributed by atoms with Crippen molar-refractivity contribution >= 4 is 40.4 Å². The Morgan fingerprint density at radius 3 is 2.52 bits per heavy atom. The Bertz CT molecular complexity index is 1080. The maximum Gasteiger partial charge on any atom is 0.253 e. The third-order valence-corrected chi connectivity index (χ3v) is 6.00. The van der Waals surface area contributed by atoms with Crippen molar-refractivity contribution in [1.82, 2.24) is 14.8 Å². The number of aryl methyl sites for hydroxylation is 2. The smallest absolute Gasteiger partial charge is 0.253 e. The lowest BCUT2D eigenvalue weighted by molar-refractivity contribution is -0.115. The van der Waals surface area contributed by atoms with Gasteiger partial charge in [-0.3, -0.25) is 9.36 Å². The maximum atomic E-state index is 11.9. The standard InChI is InChI=1S/C19H18ClN5OS/c1-10(26)9-24-19-22-21-13(4)25(19)18-16(11(2)12(3)27-18)17(23-24)14-5-7-15(20)8-6-14/h5-8H,9H2,1-4H3. The molecule has 4 rings (SSSR count). The topological polar surface area (TPSA) is 63.4 Å². The largest absolute Gasteiger partial charge is 0.298 e. The highest BCUT2D eigenvalue weighted by Gasteiger charge is 2.30. The highest BCUT2D eigenvalue weighted by Crippen LogP contribution is 2.38. The number of rotatable bonds is 3. The molecule has 3 aromatic rings. The summed E-state index contributed by atoms with van der Waals surface area (Å²) in [7, 11) is 0. The summed E-state index contributed by atoms with van der Waals surface area (Å²) in [6, 6.07) is 7.59. The highest BCUT2D eigenvalue weighted by molar-refractivity contribution is 7.15. The summed E-state index contributed by atoms with van der Waals surface area (Å²) in [4.78, 5) is 13.1. The van der Waals surface area contributed by atoms with Crippen molar-refractivity contribution in [2.75, 3.05) is 11.6 Å². The van der Waals surface area contributed by atoms with Gasteiger partial charge in [-0.2, -0.15) is 5.10 Å². The van der Waals surface area contributed by atoms with Crippen molar-refractivity contribution in [1.29, 1.82) is 0 Å². The molecule has 0 aliphatic carbocycles. The molecule has 0 spiro atoms. The zero-order valence-corrected chi connectivity index (χ0v) is 17.0. The molecule has 0 bridgehead atoms. The molecule has 3 heterocycles. The van der Waals surface area contributed by atoms with Crippen LogP contribution in [0.2, 0.25) is 5.02 Å². The normalized spacial score (nSPS) is 13.1. The lowest BCUT2D eigenvalue weighted by Crippen LogP contribution is -2.26. The molecule has 0 saturated heterocycles. The summed E-state index contributed by atoms with van der Waals surface area (Å²) in [6.07, 6.45) is 0. The monoisotopic (exact) mass is 399 g/mol. The van der Waals surface area contributed by atoms with Crippen LogP contribution in [0.1, 0.15) is 34.3 Å². The van der Waals surface area contributed by atoms with Gasteiger partial charge in [0.15, 0.2) is 5.78 Å². The van der Waals surface area contributed by atoms with E-state index >= 15 is 0 Å². The fraction of sp³-hybridized carbons (Fsp3) is 0.263. The second-order valence-electron chi connectivity index (χ2n) is 6.56. The Morgan fingerprint density at radius 2 is 1.85 bits per heavy atom. The molecule has 8 heteroatoms. The van der Waals surface area contributed by atoms with Crippen LogP contribution in [0.25, 0.3) is 5.00 Å². The van der Waals surface area contributed by atoms with Crippen molar-refractivity contribution in [3.05, 3.63) is 56.7 Å². The summed E-state index contributed by atoms with van der Waals surface area (Å²) < 4.78 is 1.98. The number of carbonyl (C=O) groups excluding carboxylic acids is 1. The number of hydrogen-bond acceptors (Lipinski definition) is 6. The predicted octanol–water partition coefficient (Wildman–Crippen LogP) is 4.07. The van der Waals surface area contributed by atoms with Gasteiger partial charge >= 0.3 is 0 Å². The van der Waals surface area contributed by atoms with Crippen molar-refractivity contribution in [3.8, 4) is 5.00 Å². The van der Waals surface area contributed by atoms with Gasteiger partial charge in [-0.25, -0.2) is 5.01 Å². The van der Waals surface area contributed by atoms with Gasteiger partial charge in [0.2, 0.25) is 0 Å². The molecule has 6 nitrogen and oxygen atoms in total.